The smallest absolute Gasteiger partial charge is 0.308 e. The van der Waals surface area contributed by atoms with Crippen LogP contribution in [-0.4, -0.2) is 35.1 Å². The van der Waals surface area contributed by atoms with Gasteiger partial charge in [-0.2, -0.15) is 0 Å². The van der Waals surface area contributed by atoms with E-state index in [0.29, 0.717) is 11.5 Å². The average molecular weight is 265 g/mol. The molecule has 0 aromatic rings. The molecule has 2 unspecified atom stereocenters. The molecule has 2 atom stereocenters. The second kappa shape index (κ2) is 5.43. The van der Waals surface area contributed by atoms with Gasteiger partial charge in [-0.05, 0) is 57.0 Å². The van der Waals surface area contributed by atoms with E-state index in [1.807, 2.05) is 0 Å². The maximum absolute atomic E-state index is 11.4. The van der Waals surface area contributed by atoms with E-state index in [4.69, 9.17) is 0 Å². The maximum atomic E-state index is 11.4. The van der Waals surface area contributed by atoms with Crippen LogP contribution in [0.4, 0.5) is 0 Å². The van der Waals surface area contributed by atoms with Crippen LogP contribution in [0.3, 0.4) is 0 Å². The van der Waals surface area contributed by atoms with E-state index in [1.165, 1.54) is 44.9 Å². The van der Waals surface area contributed by atoms with Crippen LogP contribution < -0.4 is 0 Å². The fourth-order valence-electron chi connectivity index (χ4n) is 4.79. The van der Waals surface area contributed by atoms with Crippen LogP contribution in [0.2, 0.25) is 0 Å². The van der Waals surface area contributed by atoms with Crippen molar-refractivity contribution < 1.29 is 9.90 Å². The minimum atomic E-state index is -0.564. The number of hydrogen-bond donors (Lipinski definition) is 1. The summed E-state index contributed by atoms with van der Waals surface area (Å²) in [5.74, 6) is -0.669. The molecule has 3 fully saturated rings. The standard InChI is InChI=1S/C16H27NO2/c18-15(19)13-5-1-2-6-14(13)17-11-9-16(10-12-17)7-3-4-8-16/h13-14H,1-12H2,(H,18,19). The topological polar surface area (TPSA) is 40.5 Å². The van der Waals surface area contributed by atoms with Crippen LogP contribution in [-0.2, 0) is 4.79 Å². The highest BCUT2D eigenvalue weighted by Gasteiger charge is 2.41. The van der Waals surface area contributed by atoms with Gasteiger partial charge in [0.05, 0.1) is 5.92 Å². The summed E-state index contributed by atoms with van der Waals surface area (Å²) < 4.78 is 0. The van der Waals surface area contributed by atoms with Crippen LogP contribution in [0.25, 0.3) is 0 Å². The summed E-state index contributed by atoms with van der Waals surface area (Å²) >= 11 is 0. The highest BCUT2D eigenvalue weighted by atomic mass is 16.4. The Kier molecular flexibility index (Phi) is 3.84. The van der Waals surface area contributed by atoms with E-state index in [1.54, 1.807) is 0 Å². The van der Waals surface area contributed by atoms with Gasteiger partial charge < -0.3 is 5.11 Å². The number of hydrogen-bond acceptors (Lipinski definition) is 2. The quantitative estimate of drug-likeness (QED) is 0.833. The molecule has 3 heteroatoms. The molecular weight excluding hydrogens is 238 g/mol. The summed E-state index contributed by atoms with van der Waals surface area (Å²) in [6.07, 6.45) is 12.6. The molecule has 2 aliphatic carbocycles. The second-order valence-electron chi connectivity index (χ2n) is 7.04. The Morgan fingerprint density at radius 1 is 0.947 bits per heavy atom. The first-order valence-electron chi connectivity index (χ1n) is 8.17. The van der Waals surface area contributed by atoms with E-state index < -0.39 is 5.97 Å². The van der Waals surface area contributed by atoms with Crippen molar-refractivity contribution in [1.82, 2.24) is 4.90 Å². The van der Waals surface area contributed by atoms with Crippen molar-refractivity contribution in [3.8, 4) is 0 Å². The molecule has 0 bridgehead atoms. The lowest BCUT2D eigenvalue weighted by atomic mass is 9.75. The first-order valence-corrected chi connectivity index (χ1v) is 8.17. The molecular formula is C16H27NO2. The number of nitrogens with zero attached hydrogens (tertiary/aromatic N) is 1. The zero-order chi connectivity index (χ0) is 13.3. The Balaban J connectivity index is 1.61. The number of aliphatic carboxylic acids is 1. The lowest BCUT2D eigenvalue weighted by molar-refractivity contribution is -0.146. The van der Waals surface area contributed by atoms with Crippen LogP contribution in [0.5, 0.6) is 0 Å². The number of carboxylic acid groups (broad SMARTS) is 1. The lowest BCUT2D eigenvalue weighted by Crippen LogP contribution is -2.50. The second-order valence-corrected chi connectivity index (χ2v) is 7.04. The van der Waals surface area contributed by atoms with Crippen molar-refractivity contribution in [2.24, 2.45) is 11.3 Å². The first-order chi connectivity index (χ1) is 9.20. The normalized spacial score (nSPS) is 35.6. The van der Waals surface area contributed by atoms with Crippen molar-refractivity contribution in [3.05, 3.63) is 0 Å². The van der Waals surface area contributed by atoms with Crippen LogP contribution in [0.1, 0.15) is 64.2 Å². The third-order valence-electron chi connectivity index (χ3n) is 6.04. The molecule has 0 amide bonds. The molecule has 2 saturated carbocycles. The van der Waals surface area contributed by atoms with E-state index in [-0.39, 0.29) is 5.92 Å². The Morgan fingerprint density at radius 3 is 2.21 bits per heavy atom. The number of piperidine rings is 1. The van der Waals surface area contributed by atoms with Gasteiger partial charge in [0.1, 0.15) is 0 Å². The Bertz CT molecular complexity index is 326. The van der Waals surface area contributed by atoms with E-state index >= 15 is 0 Å². The molecule has 0 radical (unpaired) electrons. The molecule has 19 heavy (non-hydrogen) atoms. The summed E-state index contributed by atoms with van der Waals surface area (Å²) in [6.45, 7) is 2.29. The number of likely N-dealkylation sites (tertiary alicyclic amines) is 1. The van der Waals surface area contributed by atoms with Gasteiger partial charge in [0.25, 0.3) is 0 Å². The Hall–Kier alpha value is -0.570. The number of rotatable bonds is 2. The summed E-state index contributed by atoms with van der Waals surface area (Å²) in [5, 5.41) is 9.42. The van der Waals surface area contributed by atoms with Gasteiger partial charge in [0, 0.05) is 6.04 Å². The average Bonchev–Trinajstić information content (AvgIpc) is 2.88. The molecule has 108 valence electrons. The number of carboxylic acids is 1. The summed E-state index contributed by atoms with van der Waals surface area (Å²) in [5.41, 5.74) is 0.643. The van der Waals surface area contributed by atoms with E-state index in [2.05, 4.69) is 4.90 Å². The predicted octanol–water partition coefficient (Wildman–Crippen LogP) is 3.29. The van der Waals surface area contributed by atoms with Crippen molar-refractivity contribution in [2.75, 3.05) is 13.1 Å². The monoisotopic (exact) mass is 265 g/mol. The molecule has 3 nitrogen and oxygen atoms in total. The Morgan fingerprint density at radius 2 is 1.58 bits per heavy atom. The SMILES string of the molecule is O=C(O)C1CCCCC1N1CCC2(CCCC2)CC1. The minimum Gasteiger partial charge on any atom is -0.481 e. The number of carbonyl (C=O) groups is 1. The van der Waals surface area contributed by atoms with Crippen LogP contribution in [0.15, 0.2) is 0 Å². The molecule has 0 aromatic heterocycles. The fourth-order valence-corrected chi connectivity index (χ4v) is 4.79. The first kappa shape index (κ1) is 13.4. The summed E-state index contributed by atoms with van der Waals surface area (Å²) in [7, 11) is 0. The van der Waals surface area contributed by atoms with Crippen molar-refractivity contribution in [1.29, 1.82) is 0 Å². The lowest BCUT2D eigenvalue weighted by Gasteiger charge is -2.45. The zero-order valence-electron chi connectivity index (χ0n) is 11.9. The molecule has 1 heterocycles. The predicted molar refractivity (Wildman–Crippen MR) is 75.1 cm³/mol. The van der Waals surface area contributed by atoms with Crippen LogP contribution in [0, 0.1) is 11.3 Å². The third kappa shape index (κ3) is 2.67. The molecule has 1 N–H and O–H groups in total. The highest BCUT2D eigenvalue weighted by Crippen LogP contribution is 2.47. The van der Waals surface area contributed by atoms with E-state index in [9.17, 15) is 9.90 Å². The minimum absolute atomic E-state index is 0.105. The van der Waals surface area contributed by atoms with Gasteiger partial charge in [0.15, 0.2) is 0 Å². The highest BCUT2D eigenvalue weighted by molar-refractivity contribution is 5.71. The van der Waals surface area contributed by atoms with Gasteiger partial charge >= 0.3 is 5.97 Å². The van der Waals surface area contributed by atoms with E-state index in [0.717, 1.165) is 32.4 Å². The van der Waals surface area contributed by atoms with Gasteiger partial charge in [-0.25, -0.2) is 0 Å². The Labute approximate surface area is 116 Å². The largest absolute Gasteiger partial charge is 0.481 e. The molecule has 3 rings (SSSR count). The van der Waals surface area contributed by atoms with Crippen LogP contribution >= 0.6 is 0 Å². The molecule has 3 aliphatic rings. The molecule has 0 aromatic carbocycles. The molecule has 1 aliphatic heterocycles. The fraction of sp³-hybridized carbons (Fsp3) is 0.938. The maximum Gasteiger partial charge on any atom is 0.308 e. The molecule has 1 saturated heterocycles. The summed E-state index contributed by atoms with van der Waals surface area (Å²) in [6, 6.07) is 0.324. The van der Waals surface area contributed by atoms with Gasteiger partial charge in [-0.1, -0.05) is 25.7 Å². The van der Waals surface area contributed by atoms with Gasteiger partial charge in [0.2, 0.25) is 0 Å². The third-order valence-corrected chi connectivity index (χ3v) is 6.04. The van der Waals surface area contributed by atoms with Gasteiger partial charge in [-0.3, -0.25) is 9.69 Å². The van der Waals surface area contributed by atoms with Crippen molar-refractivity contribution >= 4 is 5.97 Å². The zero-order valence-corrected chi connectivity index (χ0v) is 11.9. The molecule has 1 spiro atoms. The summed E-state index contributed by atoms with van der Waals surface area (Å²) in [4.78, 5) is 13.9. The van der Waals surface area contributed by atoms with Gasteiger partial charge in [-0.15, -0.1) is 0 Å². The van der Waals surface area contributed by atoms with Crippen molar-refractivity contribution in [2.45, 2.75) is 70.3 Å². The van der Waals surface area contributed by atoms with Crippen molar-refractivity contribution in [3.63, 3.8) is 0 Å².